The largest absolute Gasteiger partial charge is 0.384 e. The van der Waals surface area contributed by atoms with Crippen LogP contribution in [-0.4, -0.2) is 13.7 Å². The molecule has 1 nitrogen and oxygen atoms in total. The van der Waals surface area contributed by atoms with E-state index in [-0.39, 0.29) is 0 Å². The summed E-state index contributed by atoms with van der Waals surface area (Å²) in [5.41, 5.74) is 0. The first-order valence-corrected chi connectivity index (χ1v) is 4.07. The van der Waals surface area contributed by atoms with Gasteiger partial charge in [0.1, 0.15) is 0 Å². The zero-order valence-corrected chi connectivity index (χ0v) is 6.68. The van der Waals surface area contributed by atoms with Crippen molar-refractivity contribution in [2.24, 2.45) is 5.92 Å². The minimum atomic E-state index is 0.862. The van der Waals surface area contributed by atoms with Crippen LogP contribution in [-0.2, 0) is 4.74 Å². The van der Waals surface area contributed by atoms with E-state index in [0.717, 1.165) is 18.9 Å². The molecule has 0 aromatic carbocycles. The molecule has 0 heterocycles. The van der Waals surface area contributed by atoms with E-state index in [2.05, 4.69) is 12.2 Å². The third-order valence-electron chi connectivity index (χ3n) is 1.82. The maximum atomic E-state index is 4.91. The van der Waals surface area contributed by atoms with Crippen LogP contribution in [0.15, 0.2) is 12.2 Å². The van der Waals surface area contributed by atoms with Gasteiger partial charge in [0, 0.05) is 13.7 Å². The lowest BCUT2D eigenvalue weighted by atomic mass is 10.2. The Labute approximate surface area is 63.1 Å². The van der Waals surface area contributed by atoms with Crippen molar-refractivity contribution in [1.29, 1.82) is 0 Å². The van der Waals surface area contributed by atoms with Gasteiger partial charge in [0.15, 0.2) is 0 Å². The molecular weight excluding hydrogens is 124 g/mol. The van der Waals surface area contributed by atoms with Crippen molar-refractivity contribution in [3.8, 4) is 0 Å². The molecule has 0 atom stereocenters. The number of hydrogen-bond donors (Lipinski definition) is 0. The standard InChI is InChI=1S/C9H16O/c1-10-8-4-2-3-5-9-6-7-9/h2-3,9H,4-8H2,1H3. The van der Waals surface area contributed by atoms with Crippen LogP contribution in [0.25, 0.3) is 0 Å². The molecule has 1 aliphatic carbocycles. The Balaban J connectivity index is 1.84. The van der Waals surface area contributed by atoms with E-state index in [1.54, 1.807) is 7.11 Å². The summed E-state index contributed by atoms with van der Waals surface area (Å²) in [7, 11) is 1.74. The van der Waals surface area contributed by atoms with Gasteiger partial charge in [-0.2, -0.15) is 0 Å². The molecule has 1 heteroatoms. The monoisotopic (exact) mass is 140 g/mol. The number of methoxy groups -OCH3 is 1. The first-order valence-electron chi connectivity index (χ1n) is 4.07. The van der Waals surface area contributed by atoms with Crippen LogP contribution < -0.4 is 0 Å². The van der Waals surface area contributed by atoms with Crippen molar-refractivity contribution in [2.75, 3.05) is 13.7 Å². The van der Waals surface area contributed by atoms with Crippen molar-refractivity contribution < 1.29 is 4.74 Å². The predicted molar refractivity (Wildman–Crippen MR) is 43.0 cm³/mol. The fourth-order valence-electron chi connectivity index (χ4n) is 0.946. The molecule has 1 saturated carbocycles. The molecule has 1 fully saturated rings. The van der Waals surface area contributed by atoms with Crippen molar-refractivity contribution in [2.45, 2.75) is 25.7 Å². The Bertz CT molecular complexity index is 103. The Morgan fingerprint density at radius 1 is 1.40 bits per heavy atom. The van der Waals surface area contributed by atoms with E-state index >= 15 is 0 Å². The van der Waals surface area contributed by atoms with Gasteiger partial charge in [-0.15, -0.1) is 0 Å². The second-order valence-electron chi connectivity index (χ2n) is 2.93. The van der Waals surface area contributed by atoms with Gasteiger partial charge in [0.2, 0.25) is 0 Å². The summed E-state index contributed by atoms with van der Waals surface area (Å²) in [6.45, 7) is 0.862. The highest BCUT2D eigenvalue weighted by Crippen LogP contribution is 2.32. The van der Waals surface area contributed by atoms with Crippen LogP contribution in [0, 0.1) is 5.92 Å². The highest BCUT2D eigenvalue weighted by atomic mass is 16.5. The summed E-state index contributed by atoms with van der Waals surface area (Å²) < 4.78 is 4.91. The highest BCUT2D eigenvalue weighted by Gasteiger charge is 2.18. The van der Waals surface area contributed by atoms with Crippen molar-refractivity contribution >= 4 is 0 Å². The summed E-state index contributed by atoms with van der Waals surface area (Å²) >= 11 is 0. The van der Waals surface area contributed by atoms with Crippen molar-refractivity contribution in [3.05, 3.63) is 12.2 Å². The average molecular weight is 140 g/mol. The van der Waals surface area contributed by atoms with Gasteiger partial charge in [-0.25, -0.2) is 0 Å². The predicted octanol–water partition coefficient (Wildman–Crippen LogP) is 2.38. The molecule has 10 heavy (non-hydrogen) atoms. The first-order chi connectivity index (χ1) is 4.93. The van der Waals surface area contributed by atoms with Gasteiger partial charge in [-0.1, -0.05) is 12.2 Å². The van der Waals surface area contributed by atoms with Crippen LogP contribution in [0.2, 0.25) is 0 Å². The van der Waals surface area contributed by atoms with E-state index in [1.807, 2.05) is 0 Å². The SMILES string of the molecule is COCCC=CCC1CC1. The van der Waals surface area contributed by atoms with Gasteiger partial charge >= 0.3 is 0 Å². The van der Waals surface area contributed by atoms with E-state index in [1.165, 1.54) is 19.3 Å². The lowest BCUT2D eigenvalue weighted by Gasteiger charge is -1.90. The van der Waals surface area contributed by atoms with E-state index in [9.17, 15) is 0 Å². The normalized spacial score (nSPS) is 18.5. The summed E-state index contributed by atoms with van der Waals surface area (Å²) in [4.78, 5) is 0. The molecule has 0 spiro atoms. The minimum Gasteiger partial charge on any atom is -0.384 e. The van der Waals surface area contributed by atoms with E-state index in [4.69, 9.17) is 4.74 Å². The molecule has 0 radical (unpaired) electrons. The lowest BCUT2D eigenvalue weighted by molar-refractivity contribution is 0.204. The molecule has 0 bridgehead atoms. The summed E-state index contributed by atoms with van der Waals surface area (Å²) in [5, 5.41) is 0. The Morgan fingerprint density at radius 3 is 2.80 bits per heavy atom. The number of allylic oxidation sites excluding steroid dienone is 1. The zero-order chi connectivity index (χ0) is 7.23. The van der Waals surface area contributed by atoms with E-state index < -0.39 is 0 Å². The molecule has 0 saturated heterocycles. The molecule has 1 aliphatic rings. The van der Waals surface area contributed by atoms with Crippen molar-refractivity contribution in [3.63, 3.8) is 0 Å². The Morgan fingerprint density at radius 2 is 2.20 bits per heavy atom. The van der Waals surface area contributed by atoms with Gasteiger partial charge in [-0.05, 0) is 31.6 Å². The molecule has 0 unspecified atom stereocenters. The topological polar surface area (TPSA) is 9.23 Å². The van der Waals surface area contributed by atoms with Crippen LogP contribution in [0.5, 0.6) is 0 Å². The van der Waals surface area contributed by atoms with Crippen molar-refractivity contribution in [1.82, 2.24) is 0 Å². The zero-order valence-electron chi connectivity index (χ0n) is 6.68. The molecule has 0 amide bonds. The van der Waals surface area contributed by atoms with Crippen LogP contribution >= 0.6 is 0 Å². The Hall–Kier alpha value is -0.300. The third-order valence-corrected chi connectivity index (χ3v) is 1.82. The van der Waals surface area contributed by atoms with Gasteiger partial charge in [-0.3, -0.25) is 0 Å². The number of hydrogen-bond acceptors (Lipinski definition) is 1. The highest BCUT2D eigenvalue weighted by molar-refractivity contribution is 4.88. The third kappa shape index (κ3) is 3.67. The minimum absolute atomic E-state index is 0.862. The average Bonchev–Trinajstić information content (AvgIpc) is 2.71. The fourth-order valence-corrected chi connectivity index (χ4v) is 0.946. The second-order valence-corrected chi connectivity index (χ2v) is 2.93. The Kier molecular flexibility index (Phi) is 3.52. The van der Waals surface area contributed by atoms with Gasteiger partial charge in [0.25, 0.3) is 0 Å². The van der Waals surface area contributed by atoms with Gasteiger partial charge < -0.3 is 4.74 Å². The maximum absolute atomic E-state index is 4.91. The number of ether oxygens (including phenoxy) is 1. The molecule has 0 aromatic heterocycles. The second kappa shape index (κ2) is 4.51. The molecule has 0 aromatic rings. The quantitative estimate of drug-likeness (QED) is 0.421. The van der Waals surface area contributed by atoms with Crippen LogP contribution in [0.4, 0.5) is 0 Å². The summed E-state index contributed by atoms with van der Waals surface area (Å²) in [5.74, 6) is 1.03. The smallest absolute Gasteiger partial charge is 0.0496 e. The molecule has 58 valence electrons. The van der Waals surface area contributed by atoms with Crippen LogP contribution in [0.1, 0.15) is 25.7 Å². The number of rotatable bonds is 5. The van der Waals surface area contributed by atoms with E-state index in [0.29, 0.717) is 0 Å². The summed E-state index contributed by atoms with van der Waals surface area (Å²) in [6.07, 6.45) is 9.79. The molecule has 0 aliphatic heterocycles. The van der Waals surface area contributed by atoms with Gasteiger partial charge in [0.05, 0.1) is 0 Å². The first kappa shape index (κ1) is 7.80. The summed E-state index contributed by atoms with van der Waals surface area (Å²) in [6, 6.07) is 0. The van der Waals surface area contributed by atoms with Crippen LogP contribution in [0.3, 0.4) is 0 Å². The molecule has 0 N–H and O–H groups in total. The fraction of sp³-hybridized carbons (Fsp3) is 0.778. The molecule has 1 rings (SSSR count). The molecular formula is C9H16O. The maximum Gasteiger partial charge on any atom is 0.0496 e. The lowest BCUT2D eigenvalue weighted by Crippen LogP contribution is -1.83.